The van der Waals surface area contributed by atoms with E-state index in [1.165, 1.54) is 19.1 Å². The van der Waals surface area contributed by atoms with Gasteiger partial charge in [-0.15, -0.1) is 6.42 Å². The minimum atomic E-state index is -4.49. The Balaban J connectivity index is 1.62. The van der Waals surface area contributed by atoms with Crippen LogP contribution in [0, 0.1) is 18.3 Å². The number of nitrogens with zero attached hydrogens (tertiary/aromatic N) is 1. The summed E-state index contributed by atoms with van der Waals surface area (Å²) in [5.74, 6) is 0.540. The number of aliphatic carboxylic acids is 1. The molecule has 14 heteroatoms. The van der Waals surface area contributed by atoms with Crippen LogP contribution in [0.25, 0.3) is 0 Å². The van der Waals surface area contributed by atoms with Crippen LogP contribution in [0.1, 0.15) is 45.3 Å². The highest BCUT2D eigenvalue weighted by Crippen LogP contribution is 2.50. The fraction of sp³-hybridized carbons (Fsp3) is 0.500. The van der Waals surface area contributed by atoms with Crippen molar-refractivity contribution in [2.45, 2.75) is 68.6 Å². The predicted octanol–water partition coefficient (Wildman–Crippen LogP) is 1.38. The van der Waals surface area contributed by atoms with Crippen LogP contribution in [0.5, 0.6) is 5.75 Å². The molecule has 1 aromatic heterocycles. The predicted molar refractivity (Wildman–Crippen MR) is 141 cm³/mol. The standard InChI is InChI=1S/C26H32N3O10P/c1-3-26(35)21(31)19(38-22(26)29-15-14-20(30)27-24(29)34)16-37-40(36,39-18-12-8-5-9-13-18)28-25(2,23(32)33)17-10-6-4-7-11-17/h1,5,8-9,12-15,17,19,21-22,31,35H,4,6-7,10-11,16H2,2H3,(H,28,36)(H,32,33)(H,27,30,34)/t19-,21-,22-,25?,26-,40?/m1/s1. The van der Waals surface area contributed by atoms with Gasteiger partial charge in [-0.3, -0.25) is 23.7 Å². The first-order valence-corrected chi connectivity index (χ1v) is 14.3. The zero-order valence-electron chi connectivity index (χ0n) is 21.8. The molecule has 2 heterocycles. The number of aromatic nitrogens is 2. The van der Waals surface area contributed by atoms with E-state index >= 15 is 0 Å². The minimum absolute atomic E-state index is 0.125. The van der Waals surface area contributed by atoms with Gasteiger partial charge in [0.2, 0.25) is 0 Å². The molecule has 4 rings (SSSR count). The number of hydrogen-bond donors (Lipinski definition) is 5. The van der Waals surface area contributed by atoms with Crippen molar-refractivity contribution >= 4 is 13.7 Å². The fourth-order valence-electron chi connectivity index (χ4n) is 5.10. The normalized spacial score (nSPS) is 28.2. The molecule has 1 aliphatic carbocycles. The van der Waals surface area contributed by atoms with E-state index in [2.05, 4.69) is 5.09 Å². The number of carboxylic acids is 1. The largest absolute Gasteiger partial charge is 0.480 e. The number of H-pyrrole nitrogens is 1. The van der Waals surface area contributed by atoms with Crippen molar-refractivity contribution < 1.29 is 38.5 Å². The van der Waals surface area contributed by atoms with E-state index in [9.17, 15) is 34.3 Å². The second kappa shape index (κ2) is 11.7. The van der Waals surface area contributed by atoms with Crippen LogP contribution in [0.3, 0.4) is 0 Å². The minimum Gasteiger partial charge on any atom is -0.480 e. The Morgan fingerprint density at radius 1 is 1.27 bits per heavy atom. The summed E-state index contributed by atoms with van der Waals surface area (Å²) in [6.45, 7) is 0.740. The molecule has 1 saturated carbocycles. The van der Waals surface area contributed by atoms with Crippen molar-refractivity contribution in [1.29, 1.82) is 0 Å². The number of hydrogen-bond acceptors (Lipinski definition) is 9. The number of ether oxygens (including phenoxy) is 1. The Labute approximate surface area is 229 Å². The van der Waals surface area contributed by atoms with E-state index in [4.69, 9.17) is 20.2 Å². The Morgan fingerprint density at radius 3 is 2.55 bits per heavy atom. The van der Waals surface area contributed by atoms with Gasteiger partial charge in [0.1, 0.15) is 23.5 Å². The average molecular weight is 578 g/mol. The molecule has 5 N–H and O–H groups in total. The van der Waals surface area contributed by atoms with Crippen LogP contribution < -0.4 is 20.9 Å². The molecule has 2 aromatic rings. The summed E-state index contributed by atoms with van der Waals surface area (Å²) in [7, 11) is -4.49. The number of carbonyl (C=O) groups is 1. The summed E-state index contributed by atoms with van der Waals surface area (Å²) in [5.41, 5.74) is -5.78. The molecule has 1 saturated heterocycles. The summed E-state index contributed by atoms with van der Waals surface area (Å²) < 4.78 is 31.9. The van der Waals surface area contributed by atoms with Crippen molar-refractivity contribution in [3.63, 3.8) is 0 Å². The number of terminal acetylenes is 1. The van der Waals surface area contributed by atoms with Crippen LogP contribution in [0.2, 0.25) is 0 Å². The Morgan fingerprint density at radius 2 is 1.95 bits per heavy atom. The lowest BCUT2D eigenvalue weighted by Gasteiger charge is -2.38. The molecule has 0 amide bonds. The molecule has 0 radical (unpaired) electrons. The number of carboxylic acid groups (broad SMARTS) is 1. The molecular formula is C26H32N3O10P. The summed E-state index contributed by atoms with van der Waals surface area (Å²) in [5, 5.41) is 34.7. The van der Waals surface area contributed by atoms with Gasteiger partial charge < -0.3 is 24.6 Å². The van der Waals surface area contributed by atoms with Gasteiger partial charge in [-0.25, -0.2) is 9.36 Å². The quantitative estimate of drug-likeness (QED) is 0.203. The number of aliphatic hydroxyl groups excluding tert-OH is 1. The van der Waals surface area contributed by atoms with Gasteiger partial charge in [0.15, 0.2) is 11.8 Å². The topological polar surface area (TPSA) is 189 Å². The maximum Gasteiger partial charge on any atom is 0.459 e. The smallest absolute Gasteiger partial charge is 0.459 e. The molecule has 0 spiro atoms. The lowest BCUT2D eigenvalue weighted by Crippen LogP contribution is -2.55. The van der Waals surface area contributed by atoms with Crippen molar-refractivity contribution in [3.05, 3.63) is 63.4 Å². The highest BCUT2D eigenvalue weighted by molar-refractivity contribution is 7.52. The van der Waals surface area contributed by atoms with Gasteiger partial charge in [0.05, 0.1) is 6.61 Å². The summed E-state index contributed by atoms with van der Waals surface area (Å²) in [4.78, 5) is 38.3. The van der Waals surface area contributed by atoms with Crippen LogP contribution >= 0.6 is 7.75 Å². The van der Waals surface area contributed by atoms with Gasteiger partial charge in [-0.1, -0.05) is 43.4 Å². The molecule has 40 heavy (non-hydrogen) atoms. The van der Waals surface area contributed by atoms with Crippen molar-refractivity contribution in [1.82, 2.24) is 14.6 Å². The first kappa shape index (κ1) is 29.7. The monoisotopic (exact) mass is 577 g/mol. The van der Waals surface area contributed by atoms with E-state index in [1.54, 1.807) is 18.2 Å². The molecule has 1 aromatic carbocycles. The van der Waals surface area contributed by atoms with E-state index in [0.29, 0.717) is 12.8 Å². The molecule has 13 nitrogen and oxygen atoms in total. The maximum atomic E-state index is 14.1. The van der Waals surface area contributed by atoms with Crippen LogP contribution in [0.4, 0.5) is 0 Å². The van der Waals surface area contributed by atoms with E-state index in [-0.39, 0.29) is 11.7 Å². The second-order valence-electron chi connectivity index (χ2n) is 10.1. The number of aliphatic hydroxyl groups is 2. The van der Waals surface area contributed by atoms with Crippen molar-refractivity contribution in [3.8, 4) is 18.1 Å². The molecule has 6 atom stereocenters. The number of benzene rings is 1. The highest BCUT2D eigenvalue weighted by atomic mass is 31.2. The Bertz CT molecular complexity index is 1420. The number of rotatable bonds is 10. The first-order valence-electron chi connectivity index (χ1n) is 12.8. The molecule has 1 aliphatic heterocycles. The van der Waals surface area contributed by atoms with E-state index in [1.807, 2.05) is 10.9 Å². The summed E-state index contributed by atoms with van der Waals surface area (Å²) in [6.07, 6.45) is 5.40. The van der Waals surface area contributed by atoms with Crippen LogP contribution in [0.15, 0.2) is 52.2 Å². The molecule has 2 fully saturated rings. The van der Waals surface area contributed by atoms with Crippen molar-refractivity contribution in [2.75, 3.05) is 6.61 Å². The zero-order chi connectivity index (χ0) is 29.1. The zero-order valence-corrected chi connectivity index (χ0v) is 22.7. The Hall–Kier alpha value is -3.24. The van der Waals surface area contributed by atoms with Crippen LogP contribution in [-0.2, 0) is 18.6 Å². The van der Waals surface area contributed by atoms with Gasteiger partial charge in [-0.05, 0) is 37.8 Å². The van der Waals surface area contributed by atoms with E-state index in [0.717, 1.165) is 36.1 Å². The average Bonchev–Trinajstić information content (AvgIpc) is 3.18. The van der Waals surface area contributed by atoms with Crippen LogP contribution in [-0.4, -0.2) is 60.8 Å². The van der Waals surface area contributed by atoms with E-state index < -0.39 is 61.1 Å². The molecular weight excluding hydrogens is 545 g/mol. The lowest BCUT2D eigenvalue weighted by atomic mass is 9.76. The summed E-state index contributed by atoms with van der Waals surface area (Å²) >= 11 is 0. The lowest BCUT2D eigenvalue weighted by molar-refractivity contribution is -0.146. The third-order valence-electron chi connectivity index (χ3n) is 7.43. The number of nitrogens with one attached hydrogen (secondary N) is 2. The summed E-state index contributed by atoms with van der Waals surface area (Å²) in [6, 6.07) is 8.97. The number of aromatic amines is 1. The van der Waals surface area contributed by atoms with Crippen molar-refractivity contribution in [2.24, 2.45) is 5.92 Å². The van der Waals surface area contributed by atoms with Gasteiger partial charge in [0, 0.05) is 12.3 Å². The highest BCUT2D eigenvalue weighted by Gasteiger charge is 2.57. The molecule has 2 unspecified atom stereocenters. The number of para-hydroxylation sites is 1. The third kappa shape index (κ3) is 5.93. The second-order valence-corrected chi connectivity index (χ2v) is 11.8. The Kier molecular flexibility index (Phi) is 8.70. The molecule has 2 aliphatic rings. The molecule has 216 valence electrons. The van der Waals surface area contributed by atoms with Gasteiger partial charge >= 0.3 is 19.4 Å². The third-order valence-corrected chi connectivity index (χ3v) is 9.11. The maximum absolute atomic E-state index is 14.1. The first-order chi connectivity index (χ1) is 18.9. The van der Waals surface area contributed by atoms with Gasteiger partial charge in [-0.2, -0.15) is 5.09 Å². The fourth-order valence-corrected chi connectivity index (χ4v) is 6.85. The molecule has 0 bridgehead atoms. The van der Waals surface area contributed by atoms with Gasteiger partial charge in [0.25, 0.3) is 5.56 Å². The SMILES string of the molecule is C#C[C@@]1(O)[C@H](O)[C@@H](COP(=O)(NC(C)(C(=O)O)C2CCCCC2)Oc2ccccc2)O[C@H]1n1ccc(=O)[nH]c1=O.